The predicted molar refractivity (Wildman–Crippen MR) is 284 cm³/mol. The minimum atomic E-state index is -0.915. The lowest BCUT2D eigenvalue weighted by Crippen LogP contribution is -2.57. The third kappa shape index (κ3) is 13.1. The molecule has 394 valence electrons. The van der Waals surface area contributed by atoms with Gasteiger partial charge in [0.05, 0.1) is 46.1 Å². The molecule has 4 aliphatic rings. The molecule has 4 amide bonds. The number of thiazole rings is 1. The Labute approximate surface area is 441 Å². The highest BCUT2D eigenvalue weighted by Gasteiger charge is 2.45. The SMILES string of the molecule is CC(=O)N[C@H](C(=O)N1C[C@H](O)C[C@H]1C(=O)N[C@@H](CCN1CCN(C(=O)C2CCN(c3nccc(Sc4cnc(N5CCC(C)(N)CC5)c(CO)n4)c3Cl)CC2)CC1)c1ccc(-c2scnc2C)cc1)C(C)(C)C. The van der Waals surface area contributed by atoms with Crippen molar-refractivity contribution in [3.8, 4) is 10.4 Å². The normalized spacial score (nSPS) is 20.7. The van der Waals surface area contributed by atoms with Crippen molar-refractivity contribution in [1.82, 2.24) is 45.3 Å². The second kappa shape index (κ2) is 23.3. The van der Waals surface area contributed by atoms with Crippen molar-refractivity contribution in [2.75, 3.05) is 75.2 Å². The summed E-state index contributed by atoms with van der Waals surface area (Å²) in [6, 6.07) is 7.78. The number of benzene rings is 1. The van der Waals surface area contributed by atoms with E-state index in [1.165, 1.54) is 23.6 Å². The van der Waals surface area contributed by atoms with Gasteiger partial charge in [-0.15, -0.1) is 11.3 Å². The van der Waals surface area contributed by atoms with Crippen LogP contribution >= 0.6 is 34.7 Å². The molecule has 8 rings (SSSR count). The molecule has 21 heteroatoms. The van der Waals surface area contributed by atoms with E-state index >= 15 is 0 Å². The first kappa shape index (κ1) is 54.3. The van der Waals surface area contributed by atoms with Crippen LogP contribution in [0.1, 0.15) is 96.1 Å². The molecule has 73 heavy (non-hydrogen) atoms. The van der Waals surface area contributed by atoms with Crippen molar-refractivity contribution < 1.29 is 29.4 Å². The zero-order valence-electron chi connectivity index (χ0n) is 42.9. The van der Waals surface area contributed by atoms with E-state index in [0.717, 1.165) is 52.5 Å². The number of likely N-dealkylation sites (tertiary alicyclic amines) is 1. The van der Waals surface area contributed by atoms with E-state index in [2.05, 4.69) is 42.2 Å². The standard InChI is InChI=1S/C52H71ClN12O6S2/c1-32-44(72-31-57-32)35-9-7-34(8-10-35)38(60-48(69)40-27-37(68)29-65(40)50(71)45(51(3,4)5)58-33(2)67)14-18-61-23-25-64(26-24-61)49(70)36-12-19-62(20-13-36)47-43(53)41(11-17-55-47)73-42-28-56-46(39(30-66)59-42)63-21-15-52(6,54)16-22-63/h7-11,17,28,31,36-38,40,45,66,68H,12-16,18-27,29-30,54H2,1-6H3,(H,58,67)(H,60,69)/t37-,38+,40+,45-/m1/s1. The van der Waals surface area contributed by atoms with Crippen LogP contribution in [-0.4, -0.2) is 158 Å². The molecule has 0 bridgehead atoms. The van der Waals surface area contributed by atoms with E-state index in [0.29, 0.717) is 92.5 Å². The second-order valence-electron chi connectivity index (χ2n) is 21.4. The Balaban J connectivity index is 0.859. The number of piperazine rings is 1. The summed E-state index contributed by atoms with van der Waals surface area (Å²) in [5.74, 6) is 0.285. The summed E-state index contributed by atoms with van der Waals surface area (Å²) < 4.78 is 0. The molecule has 0 radical (unpaired) electrons. The van der Waals surface area contributed by atoms with Crippen molar-refractivity contribution >= 4 is 70.0 Å². The number of piperidine rings is 2. The van der Waals surface area contributed by atoms with Gasteiger partial charge in [-0.2, -0.15) is 0 Å². The molecule has 4 aliphatic heterocycles. The van der Waals surface area contributed by atoms with Crippen LogP contribution in [0.15, 0.2) is 58.2 Å². The number of aryl methyl sites for hydroxylation is 1. The summed E-state index contributed by atoms with van der Waals surface area (Å²) >= 11 is 9.98. The summed E-state index contributed by atoms with van der Waals surface area (Å²) in [7, 11) is 0. The molecule has 18 nitrogen and oxygen atoms in total. The van der Waals surface area contributed by atoms with Gasteiger partial charge in [-0.1, -0.05) is 68.4 Å². The Morgan fingerprint density at radius 2 is 1.63 bits per heavy atom. The fourth-order valence-electron chi connectivity index (χ4n) is 10.3. The Bertz CT molecular complexity index is 2590. The van der Waals surface area contributed by atoms with E-state index in [4.69, 9.17) is 27.3 Å². The monoisotopic (exact) mass is 1060 g/mol. The Morgan fingerprint density at radius 3 is 2.26 bits per heavy atom. The van der Waals surface area contributed by atoms with Crippen molar-refractivity contribution in [3.05, 3.63) is 70.2 Å². The van der Waals surface area contributed by atoms with Gasteiger partial charge in [0, 0.05) is 101 Å². The second-order valence-corrected chi connectivity index (χ2v) is 23.7. The third-order valence-electron chi connectivity index (χ3n) is 14.7. The number of aliphatic hydroxyl groups is 2. The zero-order chi connectivity index (χ0) is 52.2. The van der Waals surface area contributed by atoms with Crippen molar-refractivity contribution in [3.63, 3.8) is 0 Å². The van der Waals surface area contributed by atoms with Gasteiger partial charge in [0.1, 0.15) is 28.6 Å². The highest BCUT2D eigenvalue weighted by atomic mass is 35.5. The number of nitrogens with two attached hydrogens (primary N) is 1. The van der Waals surface area contributed by atoms with Crippen LogP contribution < -0.4 is 26.2 Å². The topological polar surface area (TPSA) is 227 Å². The molecular weight excluding hydrogens is 988 g/mol. The average Bonchev–Trinajstić information content (AvgIpc) is 3.99. The number of rotatable bonds is 15. The molecular formula is C52H71ClN12O6S2. The molecule has 3 aromatic heterocycles. The zero-order valence-corrected chi connectivity index (χ0v) is 45.2. The van der Waals surface area contributed by atoms with E-state index in [-0.39, 0.29) is 48.8 Å². The Morgan fingerprint density at radius 1 is 0.945 bits per heavy atom. The molecule has 0 aliphatic carbocycles. The molecule has 1 aromatic carbocycles. The smallest absolute Gasteiger partial charge is 0.246 e. The fraction of sp³-hybridized carbons (Fsp3) is 0.577. The lowest BCUT2D eigenvalue weighted by molar-refractivity contribution is -0.144. The third-order valence-corrected chi connectivity index (χ3v) is 17.2. The molecule has 4 atom stereocenters. The van der Waals surface area contributed by atoms with Crippen LogP contribution in [0.5, 0.6) is 0 Å². The van der Waals surface area contributed by atoms with Crippen LogP contribution in [-0.2, 0) is 25.8 Å². The molecule has 0 spiro atoms. The number of aliphatic hydroxyl groups excluding tert-OH is 2. The number of halogens is 1. The summed E-state index contributed by atoms with van der Waals surface area (Å²) in [6.45, 7) is 16.7. The van der Waals surface area contributed by atoms with Gasteiger partial charge >= 0.3 is 0 Å². The van der Waals surface area contributed by atoms with Crippen molar-refractivity contribution in [2.45, 2.75) is 126 Å². The maximum absolute atomic E-state index is 14.3. The molecule has 6 N–H and O–H groups in total. The largest absolute Gasteiger partial charge is 0.391 e. The van der Waals surface area contributed by atoms with Crippen molar-refractivity contribution in [1.29, 1.82) is 0 Å². The van der Waals surface area contributed by atoms with Crippen LogP contribution in [0.4, 0.5) is 11.6 Å². The lowest BCUT2D eigenvalue weighted by atomic mass is 9.85. The van der Waals surface area contributed by atoms with Crippen LogP contribution in [0.25, 0.3) is 10.4 Å². The minimum Gasteiger partial charge on any atom is -0.391 e. The maximum Gasteiger partial charge on any atom is 0.246 e. The molecule has 4 fully saturated rings. The molecule has 0 unspecified atom stereocenters. The number of carbonyl (C=O) groups excluding carboxylic acids is 4. The summed E-state index contributed by atoms with van der Waals surface area (Å²) in [5.41, 5.74) is 10.7. The number of amides is 4. The first-order chi connectivity index (χ1) is 34.8. The van der Waals surface area contributed by atoms with Gasteiger partial charge in [0.25, 0.3) is 0 Å². The fourth-order valence-corrected chi connectivity index (χ4v) is 12.3. The Hall–Kier alpha value is -4.96. The van der Waals surface area contributed by atoms with E-state index in [1.807, 2.05) is 68.4 Å². The first-order valence-electron chi connectivity index (χ1n) is 25.4. The van der Waals surface area contributed by atoms with E-state index < -0.39 is 35.6 Å². The first-order valence-corrected chi connectivity index (χ1v) is 27.5. The molecule has 7 heterocycles. The summed E-state index contributed by atoms with van der Waals surface area (Å²) in [4.78, 5) is 84.8. The number of nitrogens with zero attached hydrogens (tertiary/aromatic N) is 9. The quantitative estimate of drug-likeness (QED) is 0.105. The van der Waals surface area contributed by atoms with Crippen LogP contribution in [0.3, 0.4) is 0 Å². The van der Waals surface area contributed by atoms with Crippen LogP contribution in [0, 0.1) is 18.3 Å². The molecule has 4 aromatic rings. The summed E-state index contributed by atoms with van der Waals surface area (Å²) in [5, 5.41) is 28.2. The minimum absolute atomic E-state index is 0.00639. The van der Waals surface area contributed by atoms with Crippen molar-refractivity contribution in [2.24, 2.45) is 17.1 Å². The van der Waals surface area contributed by atoms with Gasteiger partial charge in [0.2, 0.25) is 23.6 Å². The number of anilines is 2. The van der Waals surface area contributed by atoms with Gasteiger partial charge < -0.3 is 46.2 Å². The van der Waals surface area contributed by atoms with E-state index in [9.17, 15) is 29.4 Å². The van der Waals surface area contributed by atoms with Gasteiger partial charge in [-0.3, -0.25) is 24.1 Å². The molecule has 0 saturated carbocycles. The number of pyridine rings is 1. The summed E-state index contributed by atoms with van der Waals surface area (Å²) in [6.07, 6.45) is 6.25. The molecule has 4 saturated heterocycles. The Kier molecular flexibility index (Phi) is 17.3. The number of β-amino-alcohol motifs (C(OH)–C–C–N with tert-alkyl or cyclic N) is 1. The lowest BCUT2D eigenvalue weighted by Gasteiger charge is -2.39. The van der Waals surface area contributed by atoms with Gasteiger partial charge in [0.15, 0.2) is 5.82 Å². The number of hydrogen-bond donors (Lipinski definition) is 5. The van der Waals surface area contributed by atoms with Gasteiger partial charge in [-0.25, -0.2) is 19.9 Å². The van der Waals surface area contributed by atoms with Gasteiger partial charge in [-0.05, 0) is 68.6 Å². The van der Waals surface area contributed by atoms with E-state index in [1.54, 1.807) is 23.7 Å². The predicted octanol–water partition coefficient (Wildman–Crippen LogP) is 5.04. The number of nitrogens with one attached hydrogen (secondary N) is 2. The highest BCUT2D eigenvalue weighted by Crippen LogP contribution is 2.39. The average molecular weight is 1060 g/mol. The number of hydrogen-bond acceptors (Lipinski definition) is 16. The highest BCUT2D eigenvalue weighted by molar-refractivity contribution is 7.99. The van der Waals surface area contributed by atoms with Crippen LogP contribution in [0.2, 0.25) is 5.02 Å². The number of aromatic nitrogens is 4. The number of carbonyl (C=O) groups is 4. The maximum atomic E-state index is 14.3.